The maximum Gasteiger partial charge on any atom is 0.233 e. The highest BCUT2D eigenvalue weighted by Crippen LogP contribution is 2.11. The molecule has 0 radical (unpaired) electrons. The number of aromatic nitrogens is 2. The Balaban J connectivity index is 2.43. The van der Waals surface area contributed by atoms with Gasteiger partial charge in [0, 0.05) is 12.2 Å². The summed E-state index contributed by atoms with van der Waals surface area (Å²) in [5.74, 6) is 2.46. The molecule has 0 amide bonds. The van der Waals surface area contributed by atoms with Crippen LogP contribution in [0.4, 0.5) is 0 Å². The molecule has 0 aliphatic rings. The predicted molar refractivity (Wildman–Crippen MR) is 63.1 cm³/mol. The maximum absolute atomic E-state index is 5.55. The van der Waals surface area contributed by atoms with E-state index in [1.54, 1.807) is 11.8 Å². The second-order valence-electron chi connectivity index (χ2n) is 3.45. The third-order valence-electron chi connectivity index (χ3n) is 2.07. The zero-order chi connectivity index (χ0) is 11.1. The first-order valence-corrected chi connectivity index (χ1v) is 6.72. The van der Waals surface area contributed by atoms with Gasteiger partial charge in [0.25, 0.3) is 0 Å². The maximum atomic E-state index is 5.55. The summed E-state index contributed by atoms with van der Waals surface area (Å²) in [6, 6.07) is 0.153. The summed E-state index contributed by atoms with van der Waals surface area (Å²) in [6.07, 6.45) is 4.04. The van der Waals surface area contributed by atoms with E-state index in [1.807, 2.05) is 6.92 Å². The molecule has 1 N–H and O–H groups in total. The van der Waals surface area contributed by atoms with E-state index in [2.05, 4.69) is 28.7 Å². The molecule has 0 bridgehead atoms. The fourth-order valence-electron chi connectivity index (χ4n) is 1.18. The van der Waals surface area contributed by atoms with E-state index in [0.29, 0.717) is 5.89 Å². The molecule has 0 fully saturated rings. The zero-order valence-corrected chi connectivity index (χ0v) is 10.4. The summed E-state index contributed by atoms with van der Waals surface area (Å²) < 4.78 is 5.55. The summed E-state index contributed by atoms with van der Waals surface area (Å²) in [5.41, 5.74) is 0. The fourth-order valence-corrected chi connectivity index (χ4v) is 1.56. The average Bonchev–Trinajstić information content (AvgIpc) is 2.71. The Bertz CT molecular complexity index is 277. The van der Waals surface area contributed by atoms with Crippen LogP contribution in [0.1, 0.15) is 38.1 Å². The van der Waals surface area contributed by atoms with Crippen LogP contribution < -0.4 is 5.32 Å². The Labute approximate surface area is 95.2 Å². The first kappa shape index (κ1) is 12.5. The molecule has 0 aliphatic carbocycles. The van der Waals surface area contributed by atoms with E-state index in [0.717, 1.165) is 31.0 Å². The van der Waals surface area contributed by atoms with Crippen LogP contribution in [-0.2, 0) is 6.42 Å². The monoisotopic (exact) mass is 229 g/mol. The van der Waals surface area contributed by atoms with E-state index in [-0.39, 0.29) is 6.04 Å². The van der Waals surface area contributed by atoms with Crippen molar-refractivity contribution in [3.05, 3.63) is 11.8 Å². The van der Waals surface area contributed by atoms with E-state index in [4.69, 9.17) is 4.42 Å². The van der Waals surface area contributed by atoms with Gasteiger partial charge in [-0.15, -0.1) is 10.2 Å². The fraction of sp³-hybridized carbons (Fsp3) is 0.800. The van der Waals surface area contributed by atoms with Crippen LogP contribution in [0.2, 0.25) is 0 Å². The van der Waals surface area contributed by atoms with Crippen LogP contribution >= 0.6 is 11.8 Å². The predicted octanol–water partition coefficient (Wildman–Crippen LogP) is 2.04. The summed E-state index contributed by atoms with van der Waals surface area (Å²) in [7, 11) is 0. The Morgan fingerprint density at radius 2 is 2.27 bits per heavy atom. The SMILES string of the molecule is CCCNC(C)c1nnc(CCSC)o1. The molecule has 1 unspecified atom stereocenters. The smallest absolute Gasteiger partial charge is 0.233 e. The average molecular weight is 229 g/mol. The van der Waals surface area contributed by atoms with Crippen LogP contribution in [-0.4, -0.2) is 28.8 Å². The van der Waals surface area contributed by atoms with Gasteiger partial charge >= 0.3 is 0 Å². The Morgan fingerprint density at radius 1 is 1.47 bits per heavy atom. The molecule has 1 aromatic rings. The molecular weight excluding hydrogens is 210 g/mol. The number of thioether (sulfide) groups is 1. The van der Waals surface area contributed by atoms with Crippen LogP contribution in [0.5, 0.6) is 0 Å². The number of aryl methyl sites for hydroxylation is 1. The van der Waals surface area contributed by atoms with Crippen molar-refractivity contribution in [2.75, 3.05) is 18.6 Å². The van der Waals surface area contributed by atoms with Crippen LogP contribution in [0, 0.1) is 0 Å². The van der Waals surface area contributed by atoms with E-state index in [1.165, 1.54) is 0 Å². The van der Waals surface area contributed by atoms with Gasteiger partial charge in [0.15, 0.2) is 0 Å². The van der Waals surface area contributed by atoms with E-state index in [9.17, 15) is 0 Å². The van der Waals surface area contributed by atoms with Gasteiger partial charge in [0.1, 0.15) is 0 Å². The first-order valence-electron chi connectivity index (χ1n) is 5.32. The lowest BCUT2D eigenvalue weighted by Gasteiger charge is -2.07. The Hall–Kier alpha value is -0.550. The Kier molecular flexibility index (Phi) is 5.71. The standard InChI is InChI=1S/C10H19N3OS/c1-4-6-11-8(2)10-13-12-9(14-10)5-7-15-3/h8,11H,4-7H2,1-3H3. The lowest BCUT2D eigenvalue weighted by molar-refractivity contribution is 0.396. The van der Waals surface area contributed by atoms with Crippen LogP contribution in [0.15, 0.2) is 4.42 Å². The third kappa shape index (κ3) is 4.22. The number of hydrogen-bond acceptors (Lipinski definition) is 5. The minimum Gasteiger partial charge on any atom is -0.424 e. The van der Waals surface area contributed by atoms with Gasteiger partial charge in [0.2, 0.25) is 11.8 Å². The van der Waals surface area contributed by atoms with E-state index < -0.39 is 0 Å². The third-order valence-corrected chi connectivity index (χ3v) is 2.69. The number of nitrogens with zero attached hydrogens (tertiary/aromatic N) is 2. The van der Waals surface area contributed by atoms with Crippen molar-refractivity contribution in [2.45, 2.75) is 32.7 Å². The second kappa shape index (κ2) is 6.85. The van der Waals surface area contributed by atoms with Crippen molar-refractivity contribution in [3.63, 3.8) is 0 Å². The molecular formula is C10H19N3OS. The van der Waals surface area contributed by atoms with Crippen molar-refractivity contribution in [1.82, 2.24) is 15.5 Å². The first-order chi connectivity index (χ1) is 7.27. The second-order valence-corrected chi connectivity index (χ2v) is 4.44. The molecule has 4 nitrogen and oxygen atoms in total. The van der Waals surface area contributed by atoms with Crippen molar-refractivity contribution in [2.24, 2.45) is 0 Å². The normalized spacial score (nSPS) is 13.0. The van der Waals surface area contributed by atoms with E-state index >= 15 is 0 Å². The molecule has 0 spiro atoms. The molecule has 0 saturated heterocycles. The molecule has 15 heavy (non-hydrogen) atoms. The molecule has 1 rings (SSSR count). The lowest BCUT2D eigenvalue weighted by Crippen LogP contribution is -2.19. The quantitative estimate of drug-likeness (QED) is 0.775. The molecule has 1 aromatic heterocycles. The van der Waals surface area contributed by atoms with Gasteiger partial charge < -0.3 is 9.73 Å². The molecule has 0 aliphatic heterocycles. The highest BCUT2D eigenvalue weighted by molar-refractivity contribution is 7.98. The van der Waals surface area contributed by atoms with Crippen molar-refractivity contribution >= 4 is 11.8 Å². The highest BCUT2D eigenvalue weighted by atomic mass is 32.2. The highest BCUT2D eigenvalue weighted by Gasteiger charge is 2.12. The number of hydrogen-bond donors (Lipinski definition) is 1. The molecule has 1 atom stereocenters. The van der Waals surface area contributed by atoms with Crippen LogP contribution in [0.25, 0.3) is 0 Å². The molecule has 86 valence electrons. The molecule has 1 heterocycles. The van der Waals surface area contributed by atoms with Crippen molar-refractivity contribution < 1.29 is 4.42 Å². The summed E-state index contributed by atoms with van der Waals surface area (Å²) >= 11 is 1.78. The Morgan fingerprint density at radius 3 is 2.93 bits per heavy atom. The van der Waals surface area contributed by atoms with Crippen molar-refractivity contribution in [1.29, 1.82) is 0 Å². The zero-order valence-electron chi connectivity index (χ0n) is 9.62. The summed E-state index contributed by atoms with van der Waals surface area (Å²) in [4.78, 5) is 0. The van der Waals surface area contributed by atoms with Gasteiger partial charge in [-0.1, -0.05) is 6.92 Å². The van der Waals surface area contributed by atoms with Gasteiger partial charge in [-0.05, 0) is 26.1 Å². The van der Waals surface area contributed by atoms with Crippen molar-refractivity contribution in [3.8, 4) is 0 Å². The minimum atomic E-state index is 0.153. The number of rotatable bonds is 7. The number of nitrogens with one attached hydrogen (secondary N) is 1. The molecule has 5 heteroatoms. The minimum absolute atomic E-state index is 0.153. The summed E-state index contributed by atoms with van der Waals surface area (Å²) in [6.45, 7) is 5.16. The van der Waals surface area contributed by atoms with Gasteiger partial charge in [-0.25, -0.2) is 0 Å². The topological polar surface area (TPSA) is 51.0 Å². The van der Waals surface area contributed by atoms with Crippen LogP contribution in [0.3, 0.4) is 0 Å². The van der Waals surface area contributed by atoms with Gasteiger partial charge in [0.05, 0.1) is 6.04 Å². The summed E-state index contributed by atoms with van der Waals surface area (Å²) in [5, 5.41) is 11.4. The lowest BCUT2D eigenvalue weighted by atomic mass is 10.3. The van der Waals surface area contributed by atoms with Gasteiger partial charge in [-0.3, -0.25) is 0 Å². The molecule has 0 saturated carbocycles. The largest absolute Gasteiger partial charge is 0.424 e. The van der Waals surface area contributed by atoms with Gasteiger partial charge in [-0.2, -0.15) is 11.8 Å². The molecule has 0 aromatic carbocycles.